The van der Waals surface area contributed by atoms with Crippen LogP contribution >= 0.6 is 11.6 Å². The number of hydrogen-bond acceptors (Lipinski definition) is 2. The van der Waals surface area contributed by atoms with Gasteiger partial charge < -0.3 is 0 Å². The highest BCUT2D eigenvalue weighted by molar-refractivity contribution is 6.29. The lowest BCUT2D eigenvalue weighted by Gasteiger charge is -1.95. The Hall–Kier alpha value is -1.09. The summed E-state index contributed by atoms with van der Waals surface area (Å²) in [6, 6.07) is 0. The molecule has 58 valence electrons. The quantitative estimate of drug-likeness (QED) is 0.644. The van der Waals surface area contributed by atoms with Gasteiger partial charge in [0.1, 0.15) is 0 Å². The summed E-state index contributed by atoms with van der Waals surface area (Å²) >= 11 is 5.52. The summed E-state index contributed by atoms with van der Waals surface area (Å²) in [5.41, 5.74) is 0.544. The number of allylic oxidation sites excluding steroid dienone is 1. The van der Waals surface area contributed by atoms with Crippen LogP contribution in [-0.2, 0) is 6.54 Å². The molecular weight excluding hydrogens is 164 g/mol. The van der Waals surface area contributed by atoms with Gasteiger partial charge in [-0.15, -0.1) is 0 Å². The van der Waals surface area contributed by atoms with Crippen LogP contribution in [0.4, 0.5) is 0 Å². The van der Waals surface area contributed by atoms with Gasteiger partial charge in [0.2, 0.25) is 0 Å². The summed E-state index contributed by atoms with van der Waals surface area (Å²) < 4.78 is 1.55. The van der Waals surface area contributed by atoms with Crippen LogP contribution in [0.3, 0.4) is 0 Å². The van der Waals surface area contributed by atoms with Crippen molar-refractivity contribution in [2.45, 2.75) is 6.54 Å². The van der Waals surface area contributed by atoms with Gasteiger partial charge in [0.15, 0.2) is 6.29 Å². The standard InChI is InChI=1S/C7H7ClN2O/c1-6(8)3-10-4-7(5-11)2-9-10/h2,4-5H,1,3H2. The summed E-state index contributed by atoms with van der Waals surface area (Å²) in [4.78, 5) is 10.2. The number of aromatic nitrogens is 2. The number of nitrogens with zero attached hydrogens (tertiary/aromatic N) is 2. The first-order chi connectivity index (χ1) is 5.22. The molecule has 0 bridgehead atoms. The van der Waals surface area contributed by atoms with E-state index in [0.29, 0.717) is 17.1 Å². The molecule has 0 aliphatic rings. The topological polar surface area (TPSA) is 34.9 Å². The molecule has 1 aromatic heterocycles. The Morgan fingerprint density at radius 1 is 1.91 bits per heavy atom. The maximum atomic E-state index is 10.2. The molecule has 1 heterocycles. The zero-order chi connectivity index (χ0) is 8.27. The molecule has 1 aromatic rings. The van der Waals surface area contributed by atoms with Crippen molar-refractivity contribution in [3.63, 3.8) is 0 Å². The fourth-order valence-corrected chi connectivity index (χ4v) is 0.825. The van der Waals surface area contributed by atoms with E-state index in [1.165, 1.54) is 6.20 Å². The van der Waals surface area contributed by atoms with Gasteiger partial charge in [-0.05, 0) is 0 Å². The van der Waals surface area contributed by atoms with Crippen molar-refractivity contribution in [1.82, 2.24) is 9.78 Å². The predicted octanol–water partition coefficient (Wildman–Crippen LogP) is 1.45. The molecule has 0 atom stereocenters. The maximum Gasteiger partial charge on any atom is 0.153 e. The van der Waals surface area contributed by atoms with Crippen LogP contribution in [0, 0.1) is 0 Å². The smallest absolute Gasteiger partial charge is 0.153 e. The molecule has 0 unspecified atom stereocenters. The molecule has 11 heavy (non-hydrogen) atoms. The van der Waals surface area contributed by atoms with Gasteiger partial charge in [-0.3, -0.25) is 9.48 Å². The van der Waals surface area contributed by atoms with E-state index in [-0.39, 0.29) is 0 Å². The Morgan fingerprint density at radius 2 is 2.64 bits per heavy atom. The van der Waals surface area contributed by atoms with Crippen LogP contribution in [0.2, 0.25) is 0 Å². The average molecular weight is 171 g/mol. The molecule has 0 aliphatic carbocycles. The van der Waals surface area contributed by atoms with Gasteiger partial charge in [-0.25, -0.2) is 0 Å². The summed E-state index contributed by atoms with van der Waals surface area (Å²) in [5, 5.41) is 4.36. The lowest BCUT2D eigenvalue weighted by Crippen LogP contribution is -1.96. The maximum absolute atomic E-state index is 10.2. The molecule has 0 saturated heterocycles. The second-order valence-corrected chi connectivity index (χ2v) is 2.64. The van der Waals surface area contributed by atoms with Crippen molar-refractivity contribution in [1.29, 1.82) is 0 Å². The van der Waals surface area contributed by atoms with Gasteiger partial charge in [0, 0.05) is 11.2 Å². The van der Waals surface area contributed by atoms with Crippen molar-refractivity contribution in [2.75, 3.05) is 0 Å². The zero-order valence-electron chi connectivity index (χ0n) is 5.83. The average Bonchev–Trinajstić information content (AvgIpc) is 2.34. The normalized spacial score (nSPS) is 9.55. The van der Waals surface area contributed by atoms with Crippen LogP contribution in [0.25, 0.3) is 0 Å². The largest absolute Gasteiger partial charge is 0.298 e. The Balaban J connectivity index is 2.72. The first-order valence-electron chi connectivity index (χ1n) is 3.03. The van der Waals surface area contributed by atoms with Gasteiger partial charge in [0.25, 0.3) is 0 Å². The molecule has 0 aliphatic heterocycles. The second-order valence-electron chi connectivity index (χ2n) is 2.11. The van der Waals surface area contributed by atoms with Crippen molar-refractivity contribution in [3.8, 4) is 0 Å². The number of aldehydes is 1. The molecule has 0 amide bonds. The minimum absolute atomic E-state index is 0.440. The summed E-state index contributed by atoms with van der Waals surface area (Å²) in [5.74, 6) is 0. The minimum Gasteiger partial charge on any atom is -0.298 e. The third-order valence-corrected chi connectivity index (χ3v) is 1.24. The molecule has 1 rings (SSSR count). The summed E-state index contributed by atoms with van der Waals surface area (Å²) in [7, 11) is 0. The molecule has 0 spiro atoms. The van der Waals surface area contributed by atoms with Gasteiger partial charge in [-0.2, -0.15) is 5.10 Å². The lowest BCUT2D eigenvalue weighted by molar-refractivity contribution is 0.112. The molecule has 0 radical (unpaired) electrons. The molecule has 0 N–H and O–H groups in total. The molecule has 0 aromatic carbocycles. The number of carbonyl (C=O) groups excluding carboxylic acids is 1. The van der Waals surface area contributed by atoms with Crippen molar-refractivity contribution in [2.24, 2.45) is 0 Å². The molecule has 4 heteroatoms. The Morgan fingerprint density at radius 3 is 3.09 bits per heavy atom. The SMILES string of the molecule is C=C(Cl)Cn1cc(C=O)cn1. The van der Waals surface area contributed by atoms with Crippen LogP contribution in [-0.4, -0.2) is 16.1 Å². The fourth-order valence-electron chi connectivity index (χ4n) is 0.703. The highest BCUT2D eigenvalue weighted by atomic mass is 35.5. The first kappa shape index (κ1) is 8.01. The predicted molar refractivity (Wildman–Crippen MR) is 42.6 cm³/mol. The highest BCUT2D eigenvalue weighted by Crippen LogP contribution is 2.01. The Bertz CT molecular complexity index is 280. The van der Waals surface area contributed by atoms with Crippen molar-refractivity contribution < 1.29 is 4.79 Å². The Kier molecular flexibility index (Phi) is 2.44. The third kappa shape index (κ3) is 2.20. The number of hydrogen-bond donors (Lipinski definition) is 0. The van der Waals surface area contributed by atoms with E-state index >= 15 is 0 Å². The van der Waals surface area contributed by atoms with Gasteiger partial charge in [0.05, 0.1) is 18.3 Å². The zero-order valence-corrected chi connectivity index (χ0v) is 6.58. The van der Waals surface area contributed by atoms with E-state index in [9.17, 15) is 4.79 Å². The first-order valence-corrected chi connectivity index (χ1v) is 3.41. The van der Waals surface area contributed by atoms with Crippen LogP contribution < -0.4 is 0 Å². The molecular formula is C7H7ClN2O. The van der Waals surface area contributed by atoms with Crippen molar-refractivity contribution in [3.05, 3.63) is 29.6 Å². The number of carbonyl (C=O) groups is 1. The van der Waals surface area contributed by atoms with Crippen LogP contribution in [0.5, 0.6) is 0 Å². The molecule has 3 nitrogen and oxygen atoms in total. The summed E-state index contributed by atoms with van der Waals surface area (Å²) in [6.45, 7) is 3.94. The van der Waals surface area contributed by atoms with E-state index in [4.69, 9.17) is 11.6 Å². The fraction of sp³-hybridized carbons (Fsp3) is 0.143. The molecule has 0 saturated carbocycles. The minimum atomic E-state index is 0.440. The van der Waals surface area contributed by atoms with E-state index in [2.05, 4.69) is 11.7 Å². The molecule has 0 fully saturated rings. The van der Waals surface area contributed by atoms with E-state index < -0.39 is 0 Å². The summed E-state index contributed by atoms with van der Waals surface area (Å²) in [6.07, 6.45) is 3.83. The lowest BCUT2D eigenvalue weighted by atomic mass is 10.4. The highest BCUT2D eigenvalue weighted by Gasteiger charge is 1.96. The van der Waals surface area contributed by atoms with Crippen LogP contribution in [0.15, 0.2) is 24.0 Å². The number of halogens is 1. The monoisotopic (exact) mass is 170 g/mol. The van der Waals surface area contributed by atoms with Gasteiger partial charge in [-0.1, -0.05) is 18.2 Å². The van der Waals surface area contributed by atoms with E-state index in [1.807, 2.05) is 0 Å². The van der Waals surface area contributed by atoms with E-state index in [1.54, 1.807) is 10.9 Å². The van der Waals surface area contributed by atoms with Crippen molar-refractivity contribution >= 4 is 17.9 Å². The Labute approximate surface area is 69.3 Å². The van der Waals surface area contributed by atoms with E-state index in [0.717, 1.165) is 6.29 Å². The van der Waals surface area contributed by atoms with Crippen LogP contribution in [0.1, 0.15) is 10.4 Å². The second kappa shape index (κ2) is 3.34. The van der Waals surface area contributed by atoms with Gasteiger partial charge >= 0.3 is 0 Å². The number of rotatable bonds is 3. The third-order valence-electron chi connectivity index (χ3n) is 1.12.